The first-order valence-electron chi connectivity index (χ1n) is 5.00. The minimum atomic E-state index is -0.738. The smallest absolute Gasteiger partial charge is 0.349 e. The summed E-state index contributed by atoms with van der Waals surface area (Å²) in [5, 5.41) is 9.48. The van der Waals surface area contributed by atoms with Crippen molar-refractivity contribution in [2.75, 3.05) is 5.73 Å². The second-order valence-electron chi connectivity index (χ2n) is 3.58. The Kier molecular flexibility index (Phi) is 2.98. The van der Waals surface area contributed by atoms with E-state index in [4.69, 9.17) is 15.7 Å². The van der Waals surface area contributed by atoms with Crippen molar-refractivity contribution in [2.45, 2.75) is 13.0 Å². The van der Waals surface area contributed by atoms with Crippen LogP contribution in [0, 0.1) is 11.3 Å². The molecule has 0 radical (unpaired) electrons. The van der Waals surface area contributed by atoms with E-state index in [9.17, 15) is 4.79 Å². The molecular weight excluding hydrogens is 236 g/mol. The van der Waals surface area contributed by atoms with Crippen LogP contribution in [0.1, 0.15) is 16.6 Å². The van der Waals surface area contributed by atoms with Crippen LogP contribution in [0.15, 0.2) is 24.3 Å². The highest BCUT2D eigenvalue weighted by atomic mass is 32.1. The molecule has 5 heteroatoms. The van der Waals surface area contributed by atoms with Gasteiger partial charge in [-0.3, -0.25) is 0 Å². The largest absolute Gasteiger partial charge is 0.443 e. The first-order chi connectivity index (χ1) is 8.10. The van der Waals surface area contributed by atoms with Crippen LogP contribution in [-0.2, 0) is 4.74 Å². The normalized spacial score (nSPS) is 12.0. The van der Waals surface area contributed by atoms with Crippen molar-refractivity contribution in [3.63, 3.8) is 0 Å². The van der Waals surface area contributed by atoms with Crippen LogP contribution in [0.4, 0.5) is 5.69 Å². The maximum absolute atomic E-state index is 11.7. The Morgan fingerprint density at radius 2 is 2.29 bits per heavy atom. The van der Waals surface area contributed by atoms with Crippen LogP contribution < -0.4 is 5.73 Å². The maximum Gasteiger partial charge on any atom is 0.349 e. The molecule has 0 amide bonds. The van der Waals surface area contributed by atoms with Gasteiger partial charge in [0.15, 0.2) is 6.10 Å². The number of fused-ring (bicyclic) bond motifs is 1. The molecule has 0 aliphatic carbocycles. The van der Waals surface area contributed by atoms with E-state index in [1.165, 1.54) is 18.3 Å². The number of carbonyl (C=O) groups excluding carboxylic acids is 1. The Bertz CT molecular complexity index is 612. The Balaban J connectivity index is 2.31. The summed E-state index contributed by atoms with van der Waals surface area (Å²) < 4.78 is 5.89. The highest BCUT2D eigenvalue weighted by Crippen LogP contribution is 2.27. The lowest BCUT2D eigenvalue weighted by molar-refractivity contribution is 0.0441. The third-order valence-corrected chi connectivity index (χ3v) is 3.30. The van der Waals surface area contributed by atoms with Crippen molar-refractivity contribution in [3.8, 4) is 6.07 Å². The SMILES string of the molecule is CC(C#N)OC(=O)c1cc2cc(N)ccc2s1. The van der Waals surface area contributed by atoms with E-state index in [0.29, 0.717) is 10.6 Å². The molecule has 2 N–H and O–H groups in total. The first-order valence-corrected chi connectivity index (χ1v) is 5.81. The minimum absolute atomic E-state index is 0.473. The number of anilines is 1. The van der Waals surface area contributed by atoms with Crippen LogP contribution in [0.25, 0.3) is 10.1 Å². The number of ether oxygens (including phenoxy) is 1. The van der Waals surface area contributed by atoms with Crippen molar-refractivity contribution < 1.29 is 9.53 Å². The fraction of sp³-hybridized carbons (Fsp3) is 0.167. The summed E-state index contributed by atoms with van der Waals surface area (Å²) in [7, 11) is 0. The number of hydrogen-bond acceptors (Lipinski definition) is 5. The molecule has 17 heavy (non-hydrogen) atoms. The summed E-state index contributed by atoms with van der Waals surface area (Å²) in [5.41, 5.74) is 6.31. The topological polar surface area (TPSA) is 76.1 Å². The van der Waals surface area contributed by atoms with Crippen LogP contribution in [0.3, 0.4) is 0 Å². The average Bonchev–Trinajstić information content (AvgIpc) is 2.71. The highest BCUT2D eigenvalue weighted by molar-refractivity contribution is 7.20. The number of rotatable bonds is 2. The molecule has 86 valence electrons. The van der Waals surface area contributed by atoms with E-state index in [2.05, 4.69) is 0 Å². The molecule has 0 bridgehead atoms. The third kappa shape index (κ3) is 2.37. The van der Waals surface area contributed by atoms with Crippen molar-refractivity contribution in [3.05, 3.63) is 29.1 Å². The lowest BCUT2D eigenvalue weighted by Gasteiger charge is -2.02. The molecule has 2 rings (SSSR count). The molecule has 4 nitrogen and oxygen atoms in total. The summed E-state index contributed by atoms with van der Waals surface area (Å²) in [6.07, 6.45) is -0.738. The lowest BCUT2D eigenvalue weighted by atomic mass is 10.2. The Labute approximate surface area is 102 Å². The Morgan fingerprint density at radius 3 is 3.00 bits per heavy atom. The Hall–Kier alpha value is -2.06. The van der Waals surface area contributed by atoms with E-state index in [1.54, 1.807) is 18.2 Å². The molecule has 0 aliphatic heterocycles. The number of esters is 1. The van der Waals surface area contributed by atoms with Gasteiger partial charge in [0.25, 0.3) is 0 Å². The van der Waals surface area contributed by atoms with Crippen molar-refractivity contribution in [2.24, 2.45) is 0 Å². The van der Waals surface area contributed by atoms with Crippen molar-refractivity contribution in [1.82, 2.24) is 0 Å². The van der Waals surface area contributed by atoms with Gasteiger partial charge in [-0.25, -0.2) is 4.79 Å². The van der Waals surface area contributed by atoms with Crippen molar-refractivity contribution in [1.29, 1.82) is 5.26 Å². The predicted octanol–water partition coefficient (Wildman–Crippen LogP) is 2.55. The van der Waals surface area contributed by atoms with Gasteiger partial charge in [-0.15, -0.1) is 11.3 Å². The van der Waals surface area contributed by atoms with Gasteiger partial charge in [0.1, 0.15) is 10.9 Å². The highest BCUT2D eigenvalue weighted by Gasteiger charge is 2.14. The van der Waals surface area contributed by atoms with E-state index in [0.717, 1.165) is 10.1 Å². The van der Waals surface area contributed by atoms with E-state index in [-0.39, 0.29) is 0 Å². The lowest BCUT2D eigenvalue weighted by Crippen LogP contribution is -2.11. The second kappa shape index (κ2) is 4.44. The zero-order valence-electron chi connectivity index (χ0n) is 9.14. The molecule has 0 fully saturated rings. The monoisotopic (exact) mass is 246 g/mol. The van der Waals surface area contributed by atoms with E-state index >= 15 is 0 Å². The Morgan fingerprint density at radius 1 is 1.53 bits per heavy atom. The fourth-order valence-corrected chi connectivity index (χ4v) is 2.33. The van der Waals surface area contributed by atoms with Crippen LogP contribution in [-0.4, -0.2) is 12.1 Å². The van der Waals surface area contributed by atoms with Gasteiger partial charge in [0, 0.05) is 10.4 Å². The van der Waals surface area contributed by atoms with Crippen molar-refractivity contribution >= 4 is 33.1 Å². The molecule has 2 aromatic rings. The van der Waals surface area contributed by atoms with E-state index in [1.807, 2.05) is 12.1 Å². The molecule has 1 unspecified atom stereocenters. The molecule has 0 spiro atoms. The third-order valence-electron chi connectivity index (χ3n) is 2.21. The molecule has 0 aliphatic rings. The number of thiophene rings is 1. The number of nitrogens with two attached hydrogens (primary N) is 1. The summed E-state index contributed by atoms with van der Waals surface area (Å²) in [6, 6.07) is 9.02. The summed E-state index contributed by atoms with van der Waals surface area (Å²) in [4.78, 5) is 12.2. The number of nitrogen functional groups attached to an aromatic ring is 1. The molecular formula is C12H10N2O2S. The molecule has 1 heterocycles. The quantitative estimate of drug-likeness (QED) is 0.652. The average molecular weight is 246 g/mol. The maximum atomic E-state index is 11.7. The van der Waals surface area contributed by atoms with Crippen LogP contribution in [0.2, 0.25) is 0 Å². The van der Waals surface area contributed by atoms with Crippen LogP contribution in [0.5, 0.6) is 0 Å². The number of hydrogen-bond donors (Lipinski definition) is 1. The fourth-order valence-electron chi connectivity index (χ4n) is 1.41. The van der Waals surface area contributed by atoms with Gasteiger partial charge in [-0.2, -0.15) is 5.26 Å². The predicted molar refractivity (Wildman–Crippen MR) is 66.7 cm³/mol. The molecule has 1 aromatic heterocycles. The number of benzene rings is 1. The van der Waals surface area contributed by atoms with E-state index < -0.39 is 12.1 Å². The van der Waals surface area contributed by atoms with Gasteiger partial charge in [0.2, 0.25) is 0 Å². The molecule has 1 aromatic carbocycles. The van der Waals surface area contributed by atoms with Gasteiger partial charge >= 0.3 is 5.97 Å². The zero-order chi connectivity index (χ0) is 12.4. The van der Waals surface area contributed by atoms with Gasteiger partial charge in [-0.05, 0) is 36.6 Å². The van der Waals surface area contributed by atoms with Gasteiger partial charge in [-0.1, -0.05) is 0 Å². The second-order valence-corrected chi connectivity index (χ2v) is 4.67. The van der Waals surface area contributed by atoms with Gasteiger partial charge in [0.05, 0.1) is 0 Å². The van der Waals surface area contributed by atoms with Crippen LogP contribution >= 0.6 is 11.3 Å². The summed E-state index contributed by atoms with van der Waals surface area (Å²) >= 11 is 1.33. The molecule has 0 saturated carbocycles. The summed E-state index contributed by atoms with van der Waals surface area (Å²) in [6.45, 7) is 1.53. The number of carbonyl (C=O) groups is 1. The zero-order valence-corrected chi connectivity index (χ0v) is 9.95. The summed E-state index contributed by atoms with van der Waals surface area (Å²) in [5.74, 6) is -0.473. The first kappa shape index (κ1) is 11.4. The molecule has 0 saturated heterocycles. The standard InChI is InChI=1S/C12H10N2O2S/c1-7(6-13)16-12(15)11-5-8-4-9(14)2-3-10(8)17-11/h2-5,7H,14H2,1H3. The number of nitriles is 1. The number of nitrogens with zero attached hydrogens (tertiary/aromatic N) is 1. The van der Waals surface area contributed by atoms with Gasteiger partial charge < -0.3 is 10.5 Å². The minimum Gasteiger partial charge on any atom is -0.443 e. The molecule has 1 atom stereocenters.